The summed E-state index contributed by atoms with van der Waals surface area (Å²) < 4.78 is 31.4. The standard InChI is InChI=1S/C16H22N2O6.C16H23NO4.HNO3/c1-17-6-4-11(5-7-17)10-24-15-9-13(18(20)21)12(16(19)23-3)8-14(15)22-2;1-17-8-6-12(7-9-17)11-21-14-5-4-13(16(18)20-3)10-15(14)19-2;2-1(3)4/h8-9,11H,4-7,10H2,1-3H3;4-5,10,12H,6-9,11H2,1-3H3;(H,2,3,4). The number of likely N-dealkylation sites (tertiary alicyclic amines) is 2. The monoisotopic (exact) mass is 694 g/mol. The molecule has 2 aliphatic heterocycles. The minimum Gasteiger partial charge on any atom is -0.493 e. The van der Waals surface area contributed by atoms with Crippen molar-refractivity contribution < 1.29 is 53.2 Å². The molecule has 2 fully saturated rings. The first-order valence-corrected chi connectivity index (χ1v) is 15.5. The van der Waals surface area contributed by atoms with Crippen LogP contribution in [0.25, 0.3) is 0 Å². The number of carbonyl (C=O) groups is 2. The maximum absolute atomic E-state index is 11.7. The van der Waals surface area contributed by atoms with Gasteiger partial charge in [0.05, 0.1) is 58.2 Å². The van der Waals surface area contributed by atoms with E-state index in [9.17, 15) is 19.7 Å². The highest BCUT2D eigenvalue weighted by molar-refractivity contribution is 5.95. The van der Waals surface area contributed by atoms with Crippen LogP contribution in [0.1, 0.15) is 46.4 Å². The third-order valence-electron chi connectivity index (χ3n) is 8.09. The molecular weight excluding hydrogens is 648 g/mol. The molecule has 0 saturated carbocycles. The molecule has 0 spiro atoms. The Balaban J connectivity index is 0.000000309. The topological polar surface area (TPSA) is 203 Å². The molecule has 2 aliphatic rings. The van der Waals surface area contributed by atoms with Gasteiger partial charge in [-0.2, -0.15) is 0 Å². The highest BCUT2D eigenvalue weighted by atomic mass is 16.9. The van der Waals surface area contributed by atoms with Gasteiger partial charge in [-0.15, -0.1) is 10.1 Å². The number of carbonyl (C=O) groups excluding carboxylic acids is 2. The molecule has 272 valence electrons. The van der Waals surface area contributed by atoms with E-state index in [-0.39, 0.29) is 28.7 Å². The molecule has 2 aromatic rings. The van der Waals surface area contributed by atoms with Gasteiger partial charge in [-0.25, -0.2) is 9.59 Å². The van der Waals surface area contributed by atoms with Crippen LogP contribution in [0.5, 0.6) is 23.0 Å². The minimum atomic E-state index is -1.50. The molecule has 0 aliphatic carbocycles. The molecule has 17 heteroatoms. The van der Waals surface area contributed by atoms with E-state index in [1.165, 1.54) is 33.5 Å². The predicted octanol–water partition coefficient (Wildman–Crippen LogP) is 3.97. The van der Waals surface area contributed by atoms with Crippen molar-refractivity contribution in [3.8, 4) is 23.0 Å². The maximum Gasteiger partial charge on any atom is 0.345 e. The first-order valence-electron chi connectivity index (χ1n) is 15.5. The van der Waals surface area contributed by atoms with Crippen LogP contribution in [0, 0.1) is 32.1 Å². The van der Waals surface area contributed by atoms with Crippen LogP contribution in [0.3, 0.4) is 0 Å². The summed E-state index contributed by atoms with van der Waals surface area (Å²) in [5.41, 5.74) is -0.0620. The van der Waals surface area contributed by atoms with E-state index in [2.05, 4.69) is 28.6 Å². The van der Waals surface area contributed by atoms with Gasteiger partial charge in [-0.3, -0.25) is 10.1 Å². The molecule has 0 aromatic heterocycles. The number of rotatable bonds is 11. The Kier molecular flexibility index (Phi) is 16.8. The maximum atomic E-state index is 11.7. The molecule has 2 saturated heterocycles. The Labute approximate surface area is 284 Å². The number of hydrogen-bond acceptors (Lipinski definition) is 14. The Hall–Kier alpha value is -4.90. The first kappa shape index (κ1) is 40.3. The molecule has 17 nitrogen and oxygen atoms in total. The van der Waals surface area contributed by atoms with Crippen LogP contribution < -0.4 is 18.9 Å². The smallest absolute Gasteiger partial charge is 0.345 e. The van der Waals surface area contributed by atoms with E-state index in [1.807, 2.05) is 0 Å². The van der Waals surface area contributed by atoms with Crippen LogP contribution in [-0.4, -0.2) is 119 Å². The predicted molar refractivity (Wildman–Crippen MR) is 176 cm³/mol. The Morgan fingerprint density at radius 3 is 1.61 bits per heavy atom. The number of nitrogens with zero attached hydrogens (tertiary/aromatic N) is 4. The fourth-order valence-electron chi connectivity index (χ4n) is 5.15. The average molecular weight is 695 g/mol. The second-order valence-corrected chi connectivity index (χ2v) is 11.5. The molecule has 0 amide bonds. The minimum absolute atomic E-state index is 0.161. The second kappa shape index (κ2) is 20.5. The lowest BCUT2D eigenvalue weighted by molar-refractivity contribution is -0.742. The molecule has 0 unspecified atom stereocenters. The summed E-state index contributed by atoms with van der Waals surface area (Å²) in [6.07, 6.45) is 4.33. The number of methoxy groups -OCH3 is 4. The van der Waals surface area contributed by atoms with Crippen molar-refractivity contribution in [3.05, 3.63) is 61.7 Å². The van der Waals surface area contributed by atoms with Gasteiger partial charge < -0.3 is 43.4 Å². The zero-order chi connectivity index (χ0) is 36.5. The van der Waals surface area contributed by atoms with E-state index in [1.54, 1.807) is 25.3 Å². The van der Waals surface area contributed by atoms with Crippen molar-refractivity contribution in [1.29, 1.82) is 0 Å². The lowest BCUT2D eigenvalue weighted by Crippen LogP contribution is -2.32. The number of nitro groups is 1. The molecule has 0 radical (unpaired) electrons. The van der Waals surface area contributed by atoms with Gasteiger partial charge in [0.1, 0.15) is 5.56 Å². The summed E-state index contributed by atoms with van der Waals surface area (Å²) in [6.45, 7) is 5.39. The van der Waals surface area contributed by atoms with Crippen LogP contribution in [0.15, 0.2) is 30.3 Å². The van der Waals surface area contributed by atoms with E-state index < -0.39 is 16.0 Å². The lowest BCUT2D eigenvalue weighted by Gasteiger charge is -2.28. The summed E-state index contributed by atoms with van der Waals surface area (Å²) in [5.74, 6) is 1.56. The normalized spacial score (nSPS) is 15.3. The molecule has 0 bridgehead atoms. The van der Waals surface area contributed by atoms with Crippen LogP contribution in [0.4, 0.5) is 5.69 Å². The fourth-order valence-corrected chi connectivity index (χ4v) is 5.15. The number of benzene rings is 2. The van der Waals surface area contributed by atoms with Gasteiger partial charge in [-0.1, -0.05) is 0 Å². The van der Waals surface area contributed by atoms with Crippen molar-refractivity contribution in [2.75, 3.05) is 81.9 Å². The van der Waals surface area contributed by atoms with Crippen molar-refractivity contribution in [3.63, 3.8) is 0 Å². The van der Waals surface area contributed by atoms with Gasteiger partial charge in [0, 0.05) is 6.07 Å². The van der Waals surface area contributed by atoms with Gasteiger partial charge in [0.15, 0.2) is 23.0 Å². The molecule has 49 heavy (non-hydrogen) atoms. The zero-order valence-electron chi connectivity index (χ0n) is 28.7. The van der Waals surface area contributed by atoms with Crippen LogP contribution in [0.2, 0.25) is 0 Å². The highest BCUT2D eigenvalue weighted by Gasteiger charge is 2.26. The van der Waals surface area contributed by atoms with E-state index in [0.29, 0.717) is 42.1 Å². The number of piperidine rings is 2. The second-order valence-electron chi connectivity index (χ2n) is 11.5. The molecular formula is C32H46N4O13. The Morgan fingerprint density at radius 1 is 0.735 bits per heavy atom. The summed E-state index contributed by atoms with van der Waals surface area (Å²) in [4.78, 5) is 46.8. The molecule has 2 heterocycles. The van der Waals surface area contributed by atoms with Crippen molar-refractivity contribution >= 4 is 17.6 Å². The van der Waals surface area contributed by atoms with Crippen molar-refractivity contribution in [2.24, 2.45) is 11.8 Å². The summed E-state index contributed by atoms with van der Waals surface area (Å²) in [5, 5.41) is 24.9. The van der Waals surface area contributed by atoms with Gasteiger partial charge in [0.2, 0.25) is 0 Å². The summed E-state index contributed by atoms with van der Waals surface area (Å²) >= 11 is 0. The molecule has 1 N–H and O–H groups in total. The number of nitro benzene ring substituents is 1. The largest absolute Gasteiger partial charge is 0.493 e. The number of esters is 2. The van der Waals surface area contributed by atoms with E-state index in [4.69, 9.17) is 39.0 Å². The SMILES string of the molecule is COC(=O)c1cc(OC)c(OCC2CCN(C)CC2)cc1[N+](=O)[O-].COC(=O)c1ccc(OCC2CCN(C)CC2)c(OC)c1.O=[N+]([O-])O. The Bertz CT molecular complexity index is 1390. The van der Waals surface area contributed by atoms with Gasteiger partial charge in [-0.05, 0) is 96.0 Å². The Morgan fingerprint density at radius 2 is 1.18 bits per heavy atom. The third-order valence-corrected chi connectivity index (χ3v) is 8.09. The first-order chi connectivity index (χ1) is 23.3. The van der Waals surface area contributed by atoms with E-state index in [0.717, 1.165) is 51.9 Å². The summed E-state index contributed by atoms with van der Waals surface area (Å²) in [6, 6.07) is 7.61. The van der Waals surface area contributed by atoms with Crippen LogP contribution >= 0.6 is 0 Å². The number of ether oxygens (including phenoxy) is 6. The van der Waals surface area contributed by atoms with Crippen LogP contribution in [-0.2, 0) is 9.47 Å². The van der Waals surface area contributed by atoms with Crippen molar-refractivity contribution in [1.82, 2.24) is 9.80 Å². The van der Waals surface area contributed by atoms with Gasteiger partial charge >= 0.3 is 11.9 Å². The lowest BCUT2D eigenvalue weighted by atomic mass is 9.98. The third kappa shape index (κ3) is 13.3. The quantitative estimate of drug-likeness (QED) is 0.201. The summed E-state index contributed by atoms with van der Waals surface area (Å²) in [7, 11) is 9.74. The molecule has 2 aromatic carbocycles. The fraction of sp³-hybridized carbons (Fsp3) is 0.562. The average Bonchev–Trinajstić information content (AvgIpc) is 3.10. The van der Waals surface area contributed by atoms with Gasteiger partial charge in [0.25, 0.3) is 10.8 Å². The highest BCUT2D eigenvalue weighted by Crippen LogP contribution is 2.36. The molecule has 0 atom stereocenters. The zero-order valence-corrected chi connectivity index (χ0v) is 28.7. The van der Waals surface area contributed by atoms with E-state index >= 15 is 0 Å². The van der Waals surface area contributed by atoms with Crippen molar-refractivity contribution in [2.45, 2.75) is 25.7 Å². The number of hydrogen-bond donors (Lipinski definition) is 1. The molecule has 4 rings (SSSR count).